The Hall–Kier alpha value is -2.59. The molecular weight excluding hydrogens is 288 g/mol. The zero-order valence-electron chi connectivity index (χ0n) is 10.1. The van der Waals surface area contributed by atoms with Crippen molar-refractivity contribution in [2.75, 3.05) is 6.54 Å². The van der Waals surface area contributed by atoms with Gasteiger partial charge in [-0.25, -0.2) is 4.79 Å². The summed E-state index contributed by atoms with van der Waals surface area (Å²) in [6.07, 6.45) is 4.99. The Labute approximate surface area is 119 Å². The molecule has 1 aromatic carbocycles. The number of hydrogen-bond donors (Lipinski definition) is 1. The zero-order chi connectivity index (χ0) is 15.1. The molecule has 104 valence electrons. The monoisotopic (exact) mass is 296 g/mol. The first-order chi connectivity index (χ1) is 9.45. The molecular formula is C12H9ClN2O5. The number of nitro benzene ring substituents is 1. The summed E-state index contributed by atoms with van der Waals surface area (Å²) in [5.41, 5.74) is -1.23. The van der Waals surface area contributed by atoms with E-state index in [0.29, 0.717) is 0 Å². The van der Waals surface area contributed by atoms with E-state index in [-0.39, 0.29) is 30.0 Å². The van der Waals surface area contributed by atoms with E-state index in [0.717, 1.165) is 6.07 Å². The molecule has 0 bridgehead atoms. The van der Waals surface area contributed by atoms with Gasteiger partial charge in [0.2, 0.25) is 0 Å². The van der Waals surface area contributed by atoms with Crippen LogP contribution in [-0.4, -0.2) is 22.8 Å². The van der Waals surface area contributed by atoms with Gasteiger partial charge in [-0.05, 0) is 12.1 Å². The van der Waals surface area contributed by atoms with Crippen molar-refractivity contribution >= 4 is 28.6 Å². The molecule has 1 rings (SSSR count). The molecule has 0 aliphatic carbocycles. The molecule has 7 nitrogen and oxygen atoms in total. The van der Waals surface area contributed by atoms with E-state index in [4.69, 9.17) is 18.0 Å². The summed E-state index contributed by atoms with van der Waals surface area (Å²) in [4.78, 5) is 32.3. The van der Waals surface area contributed by atoms with E-state index < -0.39 is 16.3 Å². The molecule has 0 radical (unpaired) electrons. The molecule has 0 heterocycles. The van der Waals surface area contributed by atoms with Gasteiger partial charge in [0.25, 0.3) is 11.6 Å². The van der Waals surface area contributed by atoms with Crippen LogP contribution in [-0.2, 0) is 11.3 Å². The average Bonchev–Trinajstić information content (AvgIpc) is 2.42. The van der Waals surface area contributed by atoms with Crippen LogP contribution in [0.1, 0.15) is 15.9 Å². The van der Waals surface area contributed by atoms with Gasteiger partial charge < -0.3 is 10.1 Å². The van der Waals surface area contributed by atoms with Gasteiger partial charge in [-0.15, -0.1) is 6.42 Å². The van der Waals surface area contributed by atoms with Gasteiger partial charge in [0, 0.05) is 23.2 Å². The summed E-state index contributed by atoms with van der Waals surface area (Å²) in [6, 6.07) is 3.74. The molecule has 1 N–H and O–H groups in total. The molecule has 1 amide bonds. The number of ether oxygens (including phenoxy) is 1. The Morgan fingerprint density at radius 3 is 2.75 bits per heavy atom. The van der Waals surface area contributed by atoms with Gasteiger partial charge in [0.15, 0.2) is 0 Å². The Balaban J connectivity index is 3.01. The van der Waals surface area contributed by atoms with E-state index >= 15 is 0 Å². The number of hydrogen-bond acceptors (Lipinski definition) is 5. The van der Waals surface area contributed by atoms with Crippen molar-refractivity contribution in [3.8, 4) is 12.3 Å². The molecule has 0 unspecified atom stereocenters. The standard InChI is InChI=1S/C12H9ClN2O5/c1-2-5-14-11(16)8-3-4-9(7-20-12(13)17)10(6-8)15(18)19/h1,3-4,6H,5,7H2,(H,14,16). The smallest absolute Gasteiger partial charge is 0.404 e. The van der Waals surface area contributed by atoms with Crippen molar-refractivity contribution in [2.24, 2.45) is 0 Å². The third-order valence-corrected chi connectivity index (χ3v) is 2.35. The van der Waals surface area contributed by atoms with Crippen LogP contribution in [0.15, 0.2) is 18.2 Å². The maximum absolute atomic E-state index is 11.6. The van der Waals surface area contributed by atoms with Crippen molar-refractivity contribution in [1.82, 2.24) is 5.32 Å². The van der Waals surface area contributed by atoms with E-state index in [9.17, 15) is 19.7 Å². The highest BCUT2D eigenvalue weighted by atomic mass is 35.5. The van der Waals surface area contributed by atoms with Crippen LogP contribution in [0.3, 0.4) is 0 Å². The fourth-order valence-electron chi connectivity index (χ4n) is 1.36. The predicted molar refractivity (Wildman–Crippen MR) is 70.3 cm³/mol. The minimum atomic E-state index is -1.07. The summed E-state index contributed by atoms with van der Waals surface area (Å²) in [7, 11) is 0. The first-order valence-corrected chi connectivity index (χ1v) is 5.64. The molecule has 0 saturated carbocycles. The third-order valence-electron chi connectivity index (χ3n) is 2.24. The van der Waals surface area contributed by atoms with Crippen LogP contribution < -0.4 is 5.32 Å². The summed E-state index contributed by atoms with van der Waals surface area (Å²) in [5.74, 6) is 1.68. The molecule has 8 heteroatoms. The van der Waals surface area contributed by atoms with Crippen molar-refractivity contribution in [2.45, 2.75) is 6.61 Å². The number of amides is 1. The number of halogens is 1. The fourth-order valence-corrected chi connectivity index (χ4v) is 1.42. The van der Waals surface area contributed by atoms with Crippen molar-refractivity contribution in [3.63, 3.8) is 0 Å². The molecule has 0 aliphatic rings. The van der Waals surface area contributed by atoms with Crippen LogP contribution in [0, 0.1) is 22.5 Å². The molecule has 0 saturated heterocycles. The van der Waals surface area contributed by atoms with Gasteiger partial charge >= 0.3 is 5.43 Å². The van der Waals surface area contributed by atoms with Gasteiger partial charge in [-0.3, -0.25) is 14.9 Å². The summed E-state index contributed by atoms with van der Waals surface area (Å²) in [6.45, 7) is -0.344. The lowest BCUT2D eigenvalue weighted by Gasteiger charge is -2.05. The van der Waals surface area contributed by atoms with Gasteiger partial charge in [-0.2, -0.15) is 0 Å². The Bertz CT molecular complexity index is 594. The second-order valence-electron chi connectivity index (χ2n) is 3.51. The lowest BCUT2D eigenvalue weighted by Crippen LogP contribution is -2.23. The first kappa shape index (κ1) is 15.5. The second kappa shape index (κ2) is 7.11. The average molecular weight is 297 g/mol. The van der Waals surface area contributed by atoms with Crippen LogP contribution in [0.5, 0.6) is 0 Å². The number of nitro groups is 1. The van der Waals surface area contributed by atoms with Crippen LogP contribution in [0.2, 0.25) is 0 Å². The second-order valence-corrected chi connectivity index (χ2v) is 3.82. The molecule has 20 heavy (non-hydrogen) atoms. The zero-order valence-corrected chi connectivity index (χ0v) is 10.8. The number of terminal acetylenes is 1. The molecule has 0 atom stereocenters. The van der Waals surface area contributed by atoms with E-state index in [2.05, 4.69) is 16.0 Å². The van der Waals surface area contributed by atoms with Crippen molar-refractivity contribution in [1.29, 1.82) is 0 Å². The van der Waals surface area contributed by atoms with Crippen molar-refractivity contribution in [3.05, 3.63) is 39.4 Å². The fraction of sp³-hybridized carbons (Fsp3) is 0.167. The van der Waals surface area contributed by atoms with E-state index in [1.807, 2.05) is 0 Å². The number of nitrogens with zero attached hydrogens (tertiary/aromatic N) is 1. The number of rotatable bonds is 5. The first-order valence-electron chi connectivity index (χ1n) is 5.27. The number of carbonyl (C=O) groups is 2. The topological polar surface area (TPSA) is 98.5 Å². The molecule has 1 aromatic rings. The van der Waals surface area contributed by atoms with Gasteiger partial charge in [0.05, 0.1) is 17.0 Å². The Morgan fingerprint density at radius 2 is 2.20 bits per heavy atom. The summed E-state index contributed by atoms with van der Waals surface area (Å²) in [5, 5.41) is 13.3. The lowest BCUT2D eigenvalue weighted by atomic mass is 10.1. The normalized spacial score (nSPS) is 9.40. The minimum absolute atomic E-state index is 0.0121. The predicted octanol–water partition coefficient (Wildman–Crippen LogP) is 1.83. The molecule has 0 fully saturated rings. The highest BCUT2D eigenvalue weighted by Gasteiger charge is 2.18. The summed E-state index contributed by atoms with van der Waals surface area (Å²) < 4.78 is 4.48. The number of benzene rings is 1. The SMILES string of the molecule is C#CCNC(=O)c1ccc(COC(=O)Cl)c([N+](=O)[O-])c1. The number of nitrogens with one attached hydrogen (secondary N) is 1. The van der Waals surface area contributed by atoms with Gasteiger partial charge in [0.1, 0.15) is 6.61 Å². The largest absolute Gasteiger partial charge is 0.449 e. The van der Waals surface area contributed by atoms with Crippen LogP contribution in [0.25, 0.3) is 0 Å². The van der Waals surface area contributed by atoms with Gasteiger partial charge in [-0.1, -0.05) is 5.92 Å². The molecule has 0 aliphatic heterocycles. The maximum Gasteiger partial charge on any atom is 0.404 e. The quantitative estimate of drug-likeness (QED) is 0.387. The third kappa shape index (κ3) is 4.26. The highest BCUT2D eigenvalue weighted by molar-refractivity contribution is 6.61. The van der Waals surface area contributed by atoms with Crippen LogP contribution in [0.4, 0.5) is 10.5 Å². The Morgan fingerprint density at radius 1 is 1.50 bits per heavy atom. The molecule has 0 aromatic heterocycles. The minimum Gasteiger partial charge on any atom is -0.449 e. The summed E-state index contributed by atoms with van der Waals surface area (Å²) >= 11 is 4.98. The van der Waals surface area contributed by atoms with E-state index in [1.165, 1.54) is 12.1 Å². The molecule has 0 spiro atoms. The van der Waals surface area contributed by atoms with Crippen LogP contribution >= 0.6 is 11.6 Å². The Kier molecular flexibility index (Phi) is 5.50. The van der Waals surface area contributed by atoms with Crippen molar-refractivity contribution < 1.29 is 19.2 Å². The number of carbonyl (C=O) groups excluding carboxylic acids is 2. The lowest BCUT2D eigenvalue weighted by molar-refractivity contribution is -0.385. The highest BCUT2D eigenvalue weighted by Crippen LogP contribution is 2.21. The van der Waals surface area contributed by atoms with E-state index in [1.54, 1.807) is 0 Å². The maximum atomic E-state index is 11.6.